The molecule has 0 atom stereocenters. The topological polar surface area (TPSA) is 54.4 Å². The Kier molecular flexibility index (Phi) is 4.80. The van der Waals surface area contributed by atoms with Gasteiger partial charge in [-0.25, -0.2) is 8.42 Å². The van der Waals surface area contributed by atoms with E-state index >= 15 is 0 Å². The molecular formula is C12H18O3S. The fraction of sp³-hybridized carbons (Fsp3) is 0.500. The minimum atomic E-state index is -3.17. The van der Waals surface area contributed by atoms with Crippen molar-refractivity contribution >= 4 is 9.84 Å². The predicted molar refractivity (Wildman–Crippen MR) is 64.3 cm³/mol. The van der Waals surface area contributed by atoms with Crippen LogP contribution < -0.4 is 0 Å². The number of phenols is 1. The standard InChI is InChI=1S/C12H18O3S/c1-2-3-4-5-10-16(14,15)12-8-6-11(13)7-9-12/h6-9,13H,2-5,10H2,1H3. The van der Waals surface area contributed by atoms with Crippen LogP contribution in [0, 0.1) is 0 Å². The summed E-state index contributed by atoms with van der Waals surface area (Å²) in [5.41, 5.74) is 0. The molecule has 1 rings (SSSR count). The molecule has 16 heavy (non-hydrogen) atoms. The molecule has 1 N–H and O–H groups in total. The summed E-state index contributed by atoms with van der Waals surface area (Å²) in [6.07, 6.45) is 3.83. The summed E-state index contributed by atoms with van der Waals surface area (Å²) >= 11 is 0. The first-order valence-corrected chi connectivity index (χ1v) is 7.23. The highest BCUT2D eigenvalue weighted by Crippen LogP contribution is 2.17. The zero-order valence-electron chi connectivity index (χ0n) is 9.52. The lowest BCUT2D eigenvalue weighted by atomic mass is 10.2. The molecule has 4 heteroatoms. The second-order valence-electron chi connectivity index (χ2n) is 3.87. The van der Waals surface area contributed by atoms with Gasteiger partial charge in [0.25, 0.3) is 0 Å². The van der Waals surface area contributed by atoms with E-state index in [1.54, 1.807) is 0 Å². The molecule has 0 amide bonds. The van der Waals surface area contributed by atoms with E-state index in [1.807, 2.05) is 0 Å². The molecule has 0 aromatic heterocycles. The van der Waals surface area contributed by atoms with E-state index in [1.165, 1.54) is 24.3 Å². The molecule has 0 spiro atoms. The maximum atomic E-state index is 11.8. The molecule has 3 nitrogen and oxygen atoms in total. The van der Waals surface area contributed by atoms with Crippen LogP contribution in [0.2, 0.25) is 0 Å². The van der Waals surface area contributed by atoms with Crippen LogP contribution in [0.1, 0.15) is 32.6 Å². The zero-order chi connectivity index (χ0) is 12.0. The monoisotopic (exact) mass is 242 g/mol. The van der Waals surface area contributed by atoms with E-state index in [0.29, 0.717) is 11.3 Å². The number of unbranched alkanes of at least 4 members (excludes halogenated alkanes) is 3. The molecule has 1 aromatic rings. The van der Waals surface area contributed by atoms with Gasteiger partial charge in [-0.1, -0.05) is 26.2 Å². The molecule has 1 aromatic carbocycles. The van der Waals surface area contributed by atoms with Crippen molar-refractivity contribution < 1.29 is 13.5 Å². The summed E-state index contributed by atoms with van der Waals surface area (Å²) in [5, 5.41) is 9.07. The van der Waals surface area contributed by atoms with Crippen molar-refractivity contribution in [2.24, 2.45) is 0 Å². The fourth-order valence-corrected chi connectivity index (χ4v) is 2.86. The summed E-state index contributed by atoms with van der Waals surface area (Å²) < 4.78 is 23.6. The molecule has 0 heterocycles. The summed E-state index contributed by atoms with van der Waals surface area (Å²) in [6, 6.07) is 5.70. The second kappa shape index (κ2) is 5.89. The van der Waals surface area contributed by atoms with E-state index in [4.69, 9.17) is 5.11 Å². The molecule has 0 radical (unpaired) electrons. The second-order valence-corrected chi connectivity index (χ2v) is 5.98. The first-order valence-electron chi connectivity index (χ1n) is 5.58. The quantitative estimate of drug-likeness (QED) is 0.780. The minimum absolute atomic E-state index is 0.0879. The minimum Gasteiger partial charge on any atom is -0.508 e. The van der Waals surface area contributed by atoms with E-state index in [2.05, 4.69) is 6.92 Å². The summed E-state index contributed by atoms with van der Waals surface area (Å²) in [4.78, 5) is 0.293. The highest BCUT2D eigenvalue weighted by molar-refractivity contribution is 7.91. The van der Waals surface area contributed by atoms with Crippen LogP contribution in [0.3, 0.4) is 0 Å². The number of sulfone groups is 1. The lowest BCUT2D eigenvalue weighted by Gasteiger charge is -2.04. The van der Waals surface area contributed by atoms with Crippen LogP contribution in [-0.2, 0) is 9.84 Å². The number of rotatable bonds is 6. The maximum Gasteiger partial charge on any atom is 0.178 e. The van der Waals surface area contributed by atoms with Crippen molar-refractivity contribution in [3.8, 4) is 5.75 Å². The molecule has 0 aliphatic carbocycles. The van der Waals surface area contributed by atoms with E-state index in [9.17, 15) is 8.42 Å². The molecule has 0 saturated carbocycles. The smallest absolute Gasteiger partial charge is 0.178 e. The lowest BCUT2D eigenvalue weighted by molar-refractivity contribution is 0.475. The molecule has 0 aliphatic heterocycles. The van der Waals surface area contributed by atoms with Gasteiger partial charge in [0.1, 0.15) is 5.75 Å². The van der Waals surface area contributed by atoms with Crippen LogP contribution in [0.15, 0.2) is 29.2 Å². The Hall–Kier alpha value is -1.03. The van der Waals surface area contributed by atoms with Crippen molar-refractivity contribution in [3.05, 3.63) is 24.3 Å². The Labute approximate surface area is 97.0 Å². The van der Waals surface area contributed by atoms with Gasteiger partial charge in [-0.2, -0.15) is 0 Å². The van der Waals surface area contributed by atoms with Gasteiger partial charge >= 0.3 is 0 Å². The van der Waals surface area contributed by atoms with Gasteiger partial charge in [0, 0.05) is 0 Å². The maximum absolute atomic E-state index is 11.8. The molecule has 90 valence electrons. The Balaban J connectivity index is 2.60. The fourth-order valence-electron chi connectivity index (χ4n) is 1.49. The van der Waals surface area contributed by atoms with Crippen LogP contribution in [-0.4, -0.2) is 19.3 Å². The van der Waals surface area contributed by atoms with Crippen LogP contribution >= 0.6 is 0 Å². The third-order valence-corrected chi connectivity index (χ3v) is 4.28. The average molecular weight is 242 g/mol. The van der Waals surface area contributed by atoms with Gasteiger partial charge in [-0.15, -0.1) is 0 Å². The van der Waals surface area contributed by atoms with Crippen molar-refractivity contribution in [2.75, 3.05) is 5.75 Å². The Morgan fingerprint density at radius 3 is 2.25 bits per heavy atom. The van der Waals surface area contributed by atoms with E-state index in [0.717, 1.165) is 19.3 Å². The molecule has 0 fully saturated rings. The highest BCUT2D eigenvalue weighted by atomic mass is 32.2. The summed E-state index contributed by atoms with van der Waals surface area (Å²) in [7, 11) is -3.17. The van der Waals surface area contributed by atoms with E-state index in [-0.39, 0.29) is 11.5 Å². The van der Waals surface area contributed by atoms with Crippen LogP contribution in [0.5, 0.6) is 5.75 Å². The normalized spacial score (nSPS) is 11.6. The predicted octanol–water partition coefficient (Wildman–Crippen LogP) is 2.75. The van der Waals surface area contributed by atoms with Gasteiger partial charge in [0.2, 0.25) is 0 Å². The van der Waals surface area contributed by atoms with Gasteiger partial charge in [0.15, 0.2) is 9.84 Å². The van der Waals surface area contributed by atoms with Gasteiger partial charge < -0.3 is 5.11 Å². The first kappa shape index (κ1) is 13.0. The number of phenolic OH excluding ortho intramolecular Hbond substituents is 1. The van der Waals surface area contributed by atoms with E-state index < -0.39 is 9.84 Å². The number of aromatic hydroxyl groups is 1. The molecular weight excluding hydrogens is 224 g/mol. The molecule has 0 aliphatic rings. The van der Waals surface area contributed by atoms with Gasteiger partial charge in [-0.05, 0) is 30.7 Å². The summed E-state index contributed by atoms with van der Waals surface area (Å²) in [5.74, 6) is 0.280. The van der Waals surface area contributed by atoms with Crippen molar-refractivity contribution in [1.82, 2.24) is 0 Å². The number of hydrogen-bond donors (Lipinski definition) is 1. The Morgan fingerprint density at radius 1 is 1.06 bits per heavy atom. The van der Waals surface area contributed by atoms with Crippen molar-refractivity contribution in [3.63, 3.8) is 0 Å². The van der Waals surface area contributed by atoms with Crippen LogP contribution in [0.4, 0.5) is 0 Å². The highest BCUT2D eigenvalue weighted by Gasteiger charge is 2.13. The van der Waals surface area contributed by atoms with Gasteiger partial charge in [-0.3, -0.25) is 0 Å². The SMILES string of the molecule is CCCCCCS(=O)(=O)c1ccc(O)cc1. The largest absolute Gasteiger partial charge is 0.508 e. The first-order chi connectivity index (χ1) is 7.56. The zero-order valence-corrected chi connectivity index (χ0v) is 10.3. The lowest BCUT2D eigenvalue weighted by Crippen LogP contribution is -2.06. The number of benzene rings is 1. The molecule has 0 saturated heterocycles. The number of hydrogen-bond acceptors (Lipinski definition) is 3. The third-order valence-electron chi connectivity index (χ3n) is 2.46. The van der Waals surface area contributed by atoms with Crippen molar-refractivity contribution in [2.45, 2.75) is 37.5 Å². The molecule has 0 bridgehead atoms. The third kappa shape index (κ3) is 3.85. The van der Waals surface area contributed by atoms with Gasteiger partial charge in [0.05, 0.1) is 10.6 Å². The van der Waals surface area contributed by atoms with Crippen LogP contribution in [0.25, 0.3) is 0 Å². The summed E-state index contributed by atoms with van der Waals surface area (Å²) in [6.45, 7) is 2.09. The Bertz CT molecular complexity index is 406. The Morgan fingerprint density at radius 2 is 1.69 bits per heavy atom. The average Bonchev–Trinajstić information content (AvgIpc) is 2.25. The molecule has 0 unspecified atom stereocenters. The van der Waals surface area contributed by atoms with Crippen molar-refractivity contribution in [1.29, 1.82) is 0 Å².